The van der Waals surface area contributed by atoms with Crippen LogP contribution in [0.2, 0.25) is 5.02 Å². The smallest absolute Gasteiger partial charge is 0.301 e. The number of nitrogens with one attached hydrogen (secondary N) is 1. The van der Waals surface area contributed by atoms with Gasteiger partial charge in [0.05, 0.1) is 30.0 Å². The Morgan fingerprint density at radius 1 is 1.11 bits per heavy atom. The molecule has 6 heterocycles. The summed E-state index contributed by atoms with van der Waals surface area (Å²) in [6.45, 7) is 1.21. The molecule has 0 bridgehead atoms. The minimum absolute atomic E-state index is 0.0158. The summed E-state index contributed by atoms with van der Waals surface area (Å²) in [5, 5.41) is 14.1. The van der Waals surface area contributed by atoms with Gasteiger partial charge in [-0.1, -0.05) is 11.6 Å². The van der Waals surface area contributed by atoms with Crippen LogP contribution in [0.1, 0.15) is 49.2 Å². The lowest BCUT2D eigenvalue weighted by Crippen LogP contribution is -2.35. The van der Waals surface area contributed by atoms with E-state index in [1.54, 1.807) is 0 Å². The van der Waals surface area contributed by atoms with Crippen LogP contribution in [0, 0.1) is 0 Å². The monoisotopic (exact) mass is 591 g/mol. The molecule has 3 fully saturated rings. The Bertz CT molecular complexity index is 1330. The number of ether oxygens (including phenoxy) is 4. The molecule has 10 nitrogen and oxygen atoms in total. The summed E-state index contributed by atoms with van der Waals surface area (Å²) in [6.07, 6.45) is 4.51. The number of anilines is 1. The van der Waals surface area contributed by atoms with E-state index in [0.29, 0.717) is 41.2 Å². The highest BCUT2D eigenvalue weighted by molar-refractivity contribution is 9.10. The first-order valence-corrected chi connectivity index (χ1v) is 13.9. The molecule has 1 aliphatic carbocycles. The van der Waals surface area contributed by atoms with Crippen LogP contribution in [-0.2, 0) is 20.6 Å². The first-order chi connectivity index (χ1) is 18.0. The molecule has 3 aromatic heterocycles. The van der Waals surface area contributed by atoms with Gasteiger partial charge in [0.25, 0.3) is 0 Å². The first-order valence-electron chi connectivity index (χ1n) is 12.7. The second-order valence-electron chi connectivity index (χ2n) is 10.0. The van der Waals surface area contributed by atoms with E-state index in [9.17, 15) is 5.11 Å². The quantitative estimate of drug-likeness (QED) is 0.455. The zero-order valence-corrected chi connectivity index (χ0v) is 22.3. The second kappa shape index (κ2) is 9.62. The van der Waals surface area contributed by atoms with E-state index < -0.39 is 12.2 Å². The third-order valence-electron chi connectivity index (χ3n) is 7.58. The molecule has 2 N–H and O–H groups in total. The van der Waals surface area contributed by atoms with Crippen LogP contribution in [0.4, 0.5) is 5.82 Å². The van der Waals surface area contributed by atoms with E-state index in [2.05, 4.69) is 32.3 Å². The van der Waals surface area contributed by atoms with Crippen LogP contribution < -0.4 is 10.1 Å². The van der Waals surface area contributed by atoms with Crippen LogP contribution >= 0.6 is 27.5 Å². The van der Waals surface area contributed by atoms with Crippen molar-refractivity contribution in [1.29, 1.82) is 0 Å². The van der Waals surface area contributed by atoms with Crippen LogP contribution in [0.25, 0.3) is 11.2 Å². The van der Waals surface area contributed by atoms with Crippen molar-refractivity contribution in [1.82, 2.24) is 19.5 Å². The summed E-state index contributed by atoms with van der Waals surface area (Å²) >= 11 is 10.2. The van der Waals surface area contributed by atoms with Gasteiger partial charge < -0.3 is 29.4 Å². The zero-order valence-electron chi connectivity index (χ0n) is 20.0. The van der Waals surface area contributed by atoms with Crippen molar-refractivity contribution in [3.63, 3.8) is 0 Å². The molecule has 196 valence electrons. The molecule has 6 atom stereocenters. The van der Waals surface area contributed by atoms with Gasteiger partial charge in [-0.25, -0.2) is 4.98 Å². The number of hydrogen-bond donors (Lipinski definition) is 2. The predicted molar refractivity (Wildman–Crippen MR) is 138 cm³/mol. The van der Waals surface area contributed by atoms with Gasteiger partial charge in [-0.05, 0) is 65.7 Å². The maximum Gasteiger partial charge on any atom is 0.301 e. The average molecular weight is 593 g/mol. The van der Waals surface area contributed by atoms with E-state index >= 15 is 0 Å². The van der Waals surface area contributed by atoms with Gasteiger partial charge in [-0.15, -0.1) is 0 Å². The number of fused-ring (bicyclic) bond motifs is 3. The molecule has 3 saturated heterocycles. The van der Waals surface area contributed by atoms with Crippen molar-refractivity contribution in [2.24, 2.45) is 0 Å². The Hall–Kier alpha value is -2.02. The number of nitrogens with zero attached hydrogens (tertiary/aromatic N) is 4. The minimum Gasteiger partial charge on any atom is -0.456 e. The first kappa shape index (κ1) is 24.1. The number of aliphatic hydroxyl groups is 1. The van der Waals surface area contributed by atoms with Gasteiger partial charge in [0.15, 0.2) is 11.8 Å². The number of hydrogen-bond acceptors (Lipinski definition) is 9. The van der Waals surface area contributed by atoms with Crippen molar-refractivity contribution in [2.45, 2.75) is 68.8 Å². The molecule has 37 heavy (non-hydrogen) atoms. The molecule has 0 radical (unpaired) electrons. The molecule has 0 amide bonds. The predicted octanol–water partition coefficient (Wildman–Crippen LogP) is 3.95. The van der Waals surface area contributed by atoms with E-state index in [1.807, 2.05) is 16.8 Å². The molecule has 7 rings (SSSR count). The lowest BCUT2D eigenvalue weighted by Gasteiger charge is -2.26. The zero-order chi connectivity index (χ0) is 25.1. The molecular formula is C25H27BrClN5O5. The SMILES string of the molecule is O[C@@H]1CO[C@H]2[C@@H]1OC[C@H]2Oc1nc2cc(Cl)c(NC3CCc4cc(Br)cnc43)nc2n1C1CCCCO1. The molecule has 0 saturated carbocycles. The van der Waals surface area contributed by atoms with Crippen LogP contribution in [0.15, 0.2) is 22.8 Å². The fourth-order valence-electron chi connectivity index (χ4n) is 5.78. The Labute approximate surface area is 226 Å². The maximum atomic E-state index is 10.1. The highest BCUT2D eigenvalue weighted by Crippen LogP contribution is 2.39. The molecule has 0 spiro atoms. The van der Waals surface area contributed by atoms with Gasteiger partial charge in [0, 0.05) is 17.3 Å². The standard InChI is InChI=1S/C25H27BrClN5O5/c26-13-7-12-4-5-15(20(12)28-9-13)29-23-14(27)8-16-24(31-23)32(19-3-1-2-6-34-19)25(30-16)37-18-11-36-21-17(33)10-35-22(18)21/h7-9,15,17-19,21-22,33H,1-6,10-11H2,(H,29,31)/t15?,17-,18-,19?,21-,22-/m1/s1. The van der Waals surface area contributed by atoms with Crippen LogP contribution in [0.5, 0.6) is 6.01 Å². The normalized spacial score (nSPS) is 31.0. The number of rotatable bonds is 5. The highest BCUT2D eigenvalue weighted by Gasteiger charge is 2.49. The summed E-state index contributed by atoms with van der Waals surface area (Å²) in [7, 11) is 0. The third kappa shape index (κ3) is 4.29. The Morgan fingerprint density at radius 3 is 2.86 bits per heavy atom. The summed E-state index contributed by atoms with van der Waals surface area (Å²) in [5.74, 6) is 0.576. The van der Waals surface area contributed by atoms with Crippen molar-refractivity contribution < 1.29 is 24.1 Å². The third-order valence-corrected chi connectivity index (χ3v) is 8.30. The van der Waals surface area contributed by atoms with E-state index in [1.165, 1.54) is 5.56 Å². The number of aliphatic hydroxyl groups excluding tert-OH is 1. The fourth-order valence-corrected chi connectivity index (χ4v) is 6.36. The topological polar surface area (TPSA) is 113 Å². The summed E-state index contributed by atoms with van der Waals surface area (Å²) in [6, 6.07) is 4.33. The minimum atomic E-state index is -0.649. The summed E-state index contributed by atoms with van der Waals surface area (Å²) in [4.78, 5) is 14.3. The number of halogens is 2. The lowest BCUT2D eigenvalue weighted by molar-refractivity contribution is -0.0407. The van der Waals surface area contributed by atoms with E-state index in [-0.39, 0.29) is 31.1 Å². The largest absolute Gasteiger partial charge is 0.456 e. The summed E-state index contributed by atoms with van der Waals surface area (Å²) < 4.78 is 26.9. The molecular weight excluding hydrogens is 566 g/mol. The second-order valence-corrected chi connectivity index (χ2v) is 11.3. The number of pyridine rings is 2. The number of aromatic nitrogens is 4. The Morgan fingerprint density at radius 2 is 2.00 bits per heavy atom. The molecule has 4 aliphatic rings. The van der Waals surface area contributed by atoms with Crippen LogP contribution in [0.3, 0.4) is 0 Å². The van der Waals surface area contributed by atoms with E-state index in [0.717, 1.165) is 42.3 Å². The summed E-state index contributed by atoms with van der Waals surface area (Å²) in [5.41, 5.74) is 3.50. The lowest BCUT2D eigenvalue weighted by atomic mass is 10.1. The van der Waals surface area contributed by atoms with Crippen molar-refractivity contribution in [3.8, 4) is 6.01 Å². The Balaban J connectivity index is 1.24. The fraction of sp³-hybridized carbons (Fsp3) is 0.560. The highest BCUT2D eigenvalue weighted by atomic mass is 79.9. The van der Waals surface area contributed by atoms with Crippen molar-refractivity contribution in [3.05, 3.63) is 39.1 Å². The number of aryl methyl sites for hydroxylation is 1. The van der Waals surface area contributed by atoms with E-state index in [4.69, 9.17) is 40.5 Å². The molecule has 12 heteroatoms. The maximum absolute atomic E-state index is 10.1. The molecule has 0 aromatic carbocycles. The van der Waals surface area contributed by atoms with Crippen molar-refractivity contribution >= 4 is 44.5 Å². The van der Waals surface area contributed by atoms with Crippen molar-refractivity contribution in [2.75, 3.05) is 25.1 Å². The van der Waals surface area contributed by atoms with Gasteiger partial charge in [0.2, 0.25) is 0 Å². The average Bonchev–Trinajstić information content (AvgIpc) is 3.65. The molecule has 3 aromatic rings. The van der Waals surface area contributed by atoms with Crippen LogP contribution in [-0.4, -0.2) is 68.9 Å². The molecule has 2 unspecified atom stereocenters. The van der Waals surface area contributed by atoms with Gasteiger partial charge in [-0.3, -0.25) is 9.55 Å². The molecule has 3 aliphatic heterocycles. The van der Waals surface area contributed by atoms with Gasteiger partial charge in [0.1, 0.15) is 35.9 Å². The van der Waals surface area contributed by atoms with Gasteiger partial charge >= 0.3 is 6.01 Å². The van der Waals surface area contributed by atoms with Gasteiger partial charge in [-0.2, -0.15) is 4.98 Å². The Kier molecular flexibility index (Phi) is 6.25. The number of imidazole rings is 1.